The Bertz CT molecular complexity index is 1070. The summed E-state index contributed by atoms with van der Waals surface area (Å²) in [6, 6.07) is 3.76. The molecule has 0 N–H and O–H groups in total. The molecular weight excluding hydrogens is 434 g/mol. The third-order valence-electron chi connectivity index (χ3n) is 7.55. The second kappa shape index (κ2) is 7.52. The molecule has 0 bridgehead atoms. The molecule has 2 aromatic rings. The molecule has 7 heteroatoms. The highest BCUT2D eigenvalue weighted by molar-refractivity contribution is 6.75. The molecule has 32 heavy (non-hydrogen) atoms. The van der Waals surface area contributed by atoms with Crippen LogP contribution in [-0.4, -0.2) is 34.1 Å². The predicted molar refractivity (Wildman–Crippen MR) is 136 cm³/mol. The van der Waals surface area contributed by atoms with Gasteiger partial charge in [0, 0.05) is 11.8 Å². The van der Waals surface area contributed by atoms with E-state index < -0.39 is 16.6 Å². The van der Waals surface area contributed by atoms with E-state index in [1.54, 1.807) is 7.11 Å². The second-order valence-corrected chi connectivity index (χ2v) is 21.3. The normalized spacial score (nSPS) is 14.3. The van der Waals surface area contributed by atoms with Crippen LogP contribution in [0.4, 0.5) is 0 Å². The highest BCUT2D eigenvalue weighted by atomic mass is 28.4. The van der Waals surface area contributed by atoms with Crippen molar-refractivity contribution in [3.8, 4) is 22.9 Å². The number of methoxy groups -OCH3 is 1. The molecule has 0 saturated heterocycles. The van der Waals surface area contributed by atoms with Gasteiger partial charge >= 0.3 is 0 Å². The van der Waals surface area contributed by atoms with Crippen LogP contribution in [0, 0.1) is 6.92 Å². The van der Waals surface area contributed by atoms with Crippen LogP contribution < -0.4 is 13.6 Å². The Hall–Kier alpha value is -2.00. The van der Waals surface area contributed by atoms with Crippen LogP contribution in [0.15, 0.2) is 18.3 Å². The maximum atomic E-state index is 13.6. The van der Waals surface area contributed by atoms with Crippen molar-refractivity contribution >= 4 is 22.4 Å². The number of carbonyl (C=O) groups is 1. The Labute approximate surface area is 195 Å². The zero-order chi connectivity index (χ0) is 24.4. The number of ketones is 1. The number of benzene rings is 1. The van der Waals surface area contributed by atoms with Gasteiger partial charge in [-0.1, -0.05) is 41.5 Å². The van der Waals surface area contributed by atoms with Gasteiger partial charge in [-0.3, -0.25) is 4.79 Å². The number of aromatic nitrogens is 1. The Morgan fingerprint density at radius 3 is 1.81 bits per heavy atom. The molecule has 0 radical (unpaired) electrons. The topological polar surface area (TPSA) is 49.7 Å². The van der Waals surface area contributed by atoms with Crippen molar-refractivity contribution in [1.29, 1.82) is 0 Å². The van der Waals surface area contributed by atoms with Crippen LogP contribution in [0.2, 0.25) is 36.3 Å². The van der Waals surface area contributed by atoms with Crippen LogP contribution in [0.1, 0.15) is 63.2 Å². The van der Waals surface area contributed by atoms with E-state index in [4.69, 9.17) is 13.6 Å². The fourth-order valence-corrected chi connectivity index (χ4v) is 5.48. The van der Waals surface area contributed by atoms with E-state index in [2.05, 4.69) is 67.7 Å². The first kappa shape index (κ1) is 24.6. The summed E-state index contributed by atoms with van der Waals surface area (Å²) in [5.41, 5.74) is 2.85. The van der Waals surface area contributed by atoms with Crippen molar-refractivity contribution in [3.63, 3.8) is 0 Å². The number of fused-ring (bicyclic) bond motifs is 3. The van der Waals surface area contributed by atoms with E-state index in [1.165, 1.54) is 0 Å². The molecule has 0 spiro atoms. The minimum Gasteiger partial charge on any atom is -0.542 e. The van der Waals surface area contributed by atoms with E-state index in [-0.39, 0.29) is 15.9 Å². The zero-order valence-corrected chi connectivity index (χ0v) is 23.8. The van der Waals surface area contributed by atoms with E-state index in [0.717, 1.165) is 17.0 Å². The summed E-state index contributed by atoms with van der Waals surface area (Å²) < 4.78 is 21.5. The van der Waals surface area contributed by atoms with Crippen LogP contribution in [0.25, 0.3) is 5.69 Å². The molecule has 3 rings (SSSR count). The predicted octanol–water partition coefficient (Wildman–Crippen LogP) is 7.11. The highest BCUT2D eigenvalue weighted by Gasteiger charge is 2.46. The van der Waals surface area contributed by atoms with Crippen molar-refractivity contribution in [1.82, 2.24) is 4.57 Å². The summed E-state index contributed by atoms with van der Waals surface area (Å²) in [5.74, 6) is 1.84. The maximum absolute atomic E-state index is 13.6. The monoisotopic (exact) mass is 473 g/mol. The third kappa shape index (κ3) is 3.73. The Balaban J connectivity index is 2.36. The van der Waals surface area contributed by atoms with Crippen LogP contribution in [-0.2, 0) is 0 Å². The van der Waals surface area contributed by atoms with Gasteiger partial charge in [-0.25, -0.2) is 0 Å². The number of nitrogens with zero attached hydrogens (tertiary/aromatic N) is 1. The van der Waals surface area contributed by atoms with E-state index in [1.807, 2.05) is 29.8 Å². The highest BCUT2D eigenvalue weighted by Crippen LogP contribution is 2.53. The van der Waals surface area contributed by atoms with Gasteiger partial charge in [-0.05, 0) is 55.3 Å². The molecule has 1 aromatic carbocycles. The molecule has 0 unspecified atom stereocenters. The van der Waals surface area contributed by atoms with E-state index in [9.17, 15) is 4.79 Å². The van der Waals surface area contributed by atoms with Gasteiger partial charge in [0.15, 0.2) is 11.5 Å². The van der Waals surface area contributed by atoms with Crippen LogP contribution in [0.5, 0.6) is 17.2 Å². The van der Waals surface area contributed by atoms with Crippen LogP contribution in [0.3, 0.4) is 0 Å². The average Bonchev–Trinajstić information content (AvgIpc) is 3.19. The lowest BCUT2D eigenvalue weighted by molar-refractivity contribution is 0.103. The molecule has 0 amide bonds. The van der Waals surface area contributed by atoms with E-state index in [0.29, 0.717) is 22.8 Å². The average molecular weight is 474 g/mol. The first-order chi connectivity index (χ1) is 14.4. The molecule has 1 aliphatic heterocycles. The van der Waals surface area contributed by atoms with Gasteiger partial charge in [0.2, 0.25) is 5.78 Å². The van der Waals surface area contributed by atoms with Crippen molar-refractivity contribution < 1.29 is 18.4 Å². The number of hydrogen-bond donors (Lipinski definition) is 0. The first-order valence-electron chi connectivity index (χ1n) is 11.3. The second-order valence-electron chi connectivity index (χ2n) is 11.9. The molecule has 0 saturated carbocycles. The molecule has 1 aromatic heterocycles. The third-order valence-corrected chi connectivity index (χ3v) is 16.2. The van der Waals surface area contributed by atoms with Gasteiger partial charge in [0.25, 0.3) is 16.6 Å². The molecular formula is C25H39NO4Si2. The first-order valence-corrected chi connectivity index (χ1v) is 17.1. The summed E-state index contributed by atoms with van der Waals surface area (Å²) in [6.45, 7) is 24.1. The summed E-state index contributed by atoms with van der Waals surface area (Å²) in [5, 5.41) is -0.00983. The fraction of sp³-hybridized carbons (Fsp3) is 0.560. The van der Waals surface area contributed by atoms with Crippen molar-refractivity contribution in [3.05, 3.63) is 35.2 Å². The Morgan fingerprint density at radius 2 is 1.34 bits per heavy atom. The summed E-state index contributed by atoms with van der Waals surface area (Å²) in [7, 11) is -2.78. The molecule has 5 nitrogen and oxygen atoms in total. The molecule has 1 aliphatic rings. The minimum absolute atomic E-state index is 0.0119. The minimum atomic E-state index is -2.24. The van der Waals surface area contributed by atoms with Gasteiger partial charge in [0.05, 0.1) is 18.4 Å². The fourth-order valence-electron chi connectivity index (χ4n) is 3.40. The largest absolute Gasteiger partial charge is 0.542 e. The molecule has 2 heterocycles. The zero-order valence-electron chi connectivity index (χ0n) is 21.8. The van der Waals surface area contributed by atoms with Gasteiger partial charge in [-0.15, -0.1) is 0 Å². The summed E-state index contributed by atoms with van der Waals surface area (Å²) >= 11 is 0. The standard InChI is InChI=1S/C25H39NO4Si2/c1-16-21(29-31(9,10)24(2,3)4)19-18(20(27)17-14-13-15-26(17)19)23(22(16)28-8)30-32(11,12)25(5,6)7/h13-15H,1-12H3. The van der Waals surface area contributed by atoms with Gasteiger partial charge in [0.1, 0.15) is 11.4 Å². The van der Waals surface area contributed by atoms with Crippen LogP contribution >= 0.6 is 0 Å². The number of ether oxygens (including phenoxy) is 1. The SMILES string of the molecule is COc1c(C)c(O[Si](C)(C)C(C)(C)C)c2c(c1O[Si](C)(C)C(C)(C)C)C(=O)c1cccn1-2. The summed E-state index contributed by atoms with van der Waals surface area (Å²) in [6.07, 6.45) is 1.93. The van der Waals surface area contributed by atoms with Crippen molar-refractivity contribution in [2.24, 2.45) is 0 Å². The summed E-state index contributed by atoms with van der Waals surface area (Å²) in [4.78, 5) is 13.6. The quantitative estimate of drug-likeness (QED) is 0.371. The number of carbonyl (C=O) groups excluding carboxylic acids is 1. The Kier molecular flexibility index (Phi) is 5.79. The number of rotatable bonds is 5. The lowest BCUT2D eigenvalue weighted by atomic mass is 10.0. The van der Waals surface area contributed by atoms with Gasteiger partial charge in [-0.2, -0.15) is 0 Å². The van der Waals surface area contributed by atoms with Crippen molar-refractivity contribution in [2.45, 2.75) is 84.7 Å². The molecule has 176 valence electrons. The number of hydrogen-bond acceptors (Lipinski definition) is 4. The Morgan fingerprint density at radius 1 is 0.844 bits per heavy atom. The molecule has 0 atom stereocenters. The molecule has 0 fully saturated rings. The van der Waals surface area contributed by atoms with Crippen molar-refractivity contribution in [2.75, 3.05) is 7.11 Å². The maximum Gasteiger partial charge on any atom is 0.250 e. The van der Waals surface area contributed by atoms with Gasteiger partial charge < -0.3 is 18.2 Å². The van der Waals surface area contributed by atoms with E-state index >= 15 is 0 Å². The smallest absolute Gasteiger partial charge is 0.250 e. The lowest BCUT2D eigenvalue weighted by Gasteiger charge is -2.39. The molecule has 0 aliphatic carbocycles. The lowest BCUT2D eigenvalue weighted by Crippen LogP contribution is -2.45.